The van der Waals surface area contributed by atoms with Gasteiger partial charge in [-0.25, -0.2) is 9.78 Å². The van der Waals surface area contributed by atoms with Crippen LogP contribution in [0.4, 0.5) is 5.95 Å². The van der Waals surface area contributed by atoms with E-state index in [4.69, 9.17) is 0 Å². The third kappa shape index (κ3) is 1.82. The molecule has 0 radical (unpaired) electrons. The number of hydrogen-bond acceptors (Lipinski definition) is 4. The molecule has 1 amide bonds. The molecule has 1 heterocycles. The van der Waals surface area contributed by atoms with Crippen molar-refractivity contribution < 1.29 is 14.3 Å². The molecule has 12 heavy (non-hydrogen) atoms. The Balaban J connectivity index is 2.53. The van der Waals surface area contributed by atoms with Crippen LogP contribution >= 0.6 is 0 Å². The lowest BCUT2D eigenvalue weighted by molar-refractivity contribution is -0.150. The third-order valence-electron chi connectivity index (χ3n) is 1.10. The number of carbonyl (C=O) groups is 2. The van der Waals surface area contributed by atoms with Gasteiger partial charge in [0.2, 0.25) is 5.95 Å². The van der Waals surface area contributed by atoms with E-state index < -0.39 is 11.9 Å². The summed E-state index contributed by atoms with van der Waals surface area (Å²) in [5.41, 5.74) is 0. The van der Waals surface area contributed by atoms with Gasteiger partial charge in [-0.1, -0.05) is 0 Å². The summed E-state index contributed by atoms with van der Waals surface area (Å²) in [6.07, 6.45) is 2.97. The van der Waals surface area contributed by atoms with Crippen molar-refractivity contribution in [3.63, 3.8) is 0 Å². The molecule has 0 aliphatic carbocycles. The van der Waals surface area contributed by atoms with E-state index in [9.17, 15) is 9.59 Å². The minimum atomic E-state index is -0.952. The van der Waals surface area contributed by atoms with E-state index in [2.05, 4.69) is 20.0 Å². The van der Waals surface area contributed by atoms with E-state index >= 15 is 0 Å². The van der Waals surface area contributed by atoms with Gasteiger partial charge in [0.15, 0.2) is 0 Å². The Morgan fingerprint density at radius 2 is 2.42 bits per heavy atom. The highest BCUT2D eigenvalue weighted by atomic mass is 16.5. The molecule has 0 bridgehead atoms. The Bertz CT molecular complexity index is 280. The van der Waals surface area contributed by atoms with E-state index in [1.807, 2.05) is 0 Å². The van der Waals surface area contributed by atoms with Crippen molar-refractivity contribution in [3.8, 4) is 0 Å². The van der Waals surface area contributed by atoms with Crippen LogP contribution in [0.3, 0.4) is 0 Å². The number of anilines is 1. The van der Waals surface area contributed by atoms with E-state index in [1.165, 1.54) is 12.4 Å². The first kappa shape index (κ1) is 8.25. The Hall–Kier alpha value is -1.85. The SMILES string of the molecule is COC(=O)C(=O)Nc1ncc[nH]1. The van der Waals surface area contributed by atoms with E-state index in [1.54, 1.807) is 0 Å². The predicted octanol–water partition coefficient (Wildman–Crippen LogP) is -0.479. The largest absolute Gasteiger partial charge is 0.462 e. The van der Waals surface area contributed by atoms with Gasteiger partial charge in [0.25, 0.3) is 0 Å². The molecule has 0 saturated heterocycles. The molecule has 1 aromatic rings. The van der Waals surface area contributed by atoms with Crippen LogP contribution in [0.1, 0.15) is 0 Å². The number of methoxy groups -OCH3 is 1. The fourth-order valence-electron chi connectivity index (χ4n) is 0.585. The Morgan fingerprint density at radius 3 is 2.92 bits per heavy atom. The van der Waals surface area contributed by atoms with Gasteiger partial charge in [0, 0.05) is 12.4 Å². The number of aromatic amines is 1. The standard InChI is InChI=1S/C6H7N3O3/c1-12-5(11)4(10)9-6-7-2-3-8-6/h2-3H,1H3,(H2,7,8,9,10). The second-order valence-electron chi connectivity index (χ2n) is 1.88. The van der Waals surface area contributed by atoms with Crippen LogP contribution in [0.2, 0.25) is 0 Å². The summed E-state index contributed by atoms with van der Waals surface area (Å²) >= 11 is 0. The lowest BCUT2D eigenvalue weighted by Gasteiger charge is -1.97. The van der Waals surface area contributed by atoms with Crippen molar-refractivity contribution in [2.24, 2.45) is 0 Å². The van der Waals surface area contributed by atoms with Crippen molar-refractivity contribution in [3.05, 3.63) is 12.4 Å². The van der Waals surface area contributed by atoms with Crippen LogP contribution < -0.4 is 5.32 Å². The quantitative estimate of drug-likeness (QED) is 0.439. The van der Waals surface area contributed by atoms with Crippen LogP contribution in [-0.4, -0.2) is 29.0 Å². The van der Waals surface area contributed by atoms with E-state index in [-0.39, 0.29) is 5.95 Å². The predicted molar refractivity (Wildman–Crippen MR) is 39.2 cm³/mol. The molecule has 0 aliphatic heterocycles. The van der Waals surface area contributed by atoms with Gasteiger partial charge in [-0.2, -0.15) is 0 Å². The summed E-state index contributed by atoms with van der Waals surface area (Å²) in [5.74, 6) is -1.59. The minimum absolute atomic E-state index is 0.213. The number of nitrogens with one attached hydrogen (secondary N) is 2. The maximum atomic E-state index is 10.8. The number of ether oxygens (including phenoxy) is 1. The molecule has 6 nitrogen and oxygen atoms in total. The molecule has 1 aromatic heterocycles. The second kappa shape index (κ2) is 3.51. The van der Waals surface area contributed by atoms with Crippen molar-refractivity contribution >= 4 is 17.8 Å². The number of aromatic nitrogens is 2. The maximum Gasteiger partial charge on any atom is 0.396 e. The highest BCUT2D eigenvalue weighted by Crippen LogP contribution is 1.94. The van der Waals surface area contributed by atoms with Crippen LogP contribution in [0, 0.1) is 0 Å². The number of hydrogen-bond donors (Lipinski definition) is 2. The van der Waals surface area contributed by atoms with Gasteiger partial charge < -0.3 is 9.72 Å². The number of rotatable bonds is 1. The zero-order valence-electron chi connectivity index (χ0n) is 6.33. The first-order valence-electron chi connectivity index (χ1n) is 3.12. The van der Waals surface area contributed by atoms with Crippen molar-refractivity contribution in [1.82, 2.24) is 9.97 Å². The Morgan fingerprint density at radius 1 is 1.67 bits per heavy atom. The average Bonchev–Trinajstić information content (AvgIpc) is 2.55. The Labute approximate surface area is 67.9 Å². The number of nitrogens with zero attached hydrogens (tertiary/aromatic N) is 1. The summed E-state index contributed by atoms with van der Waals surface area (Å²) in [7, 11) is 1.13. The molecule has 6 heteroatoms. The van der Waals surface area contributed by atoms with E-state index in [0.29, 0.717) is 0 Å². The summed E-state index contributed by atoms with van der Waals surface area (Å²) < 4.78 is 4.17. The van der Waals surface area contributed by atoms with Gasteiger partial charge >= 0.3 is 11.9 Å². The second-order valence-corrected chi connectivity index (χ2v) is 1.88. The number of amides is 1. The lowest BCUT2D eigenvalue weighted by Crippen LogP contribution is -2.24. The molecule has 0 atom stereocenters. The van der Waals surface area contributed by atoms with Gasteiger partial charge in [-0.05, 0) is 0 Å². The smallest absolute Gasteiger partial charge is 0.396 e. The molecule has 64 valence electrons. The third-order valence-corrected chi connectivity index (χ3v) is 1.10. The summed E-state index contributed by atoms with van der Waals surface area (Å²) in [6.45, 7) is 0. The highest BCUT2D eigenvalue weighted by Gasteiger charge is 2.13. The fourth-order valence-corrected chi connectivity index (χ4v) is 0.585. The molecular formula is C6H7N3O3. The molecule has 0 fully saturated rings. The monoisotopic (exact) mass is 169 g/mol. The first-order chi connectivity index (χ1) is 5.74. The number of carbonyl (C=O) groups excluding carboxylic acids is 2. The van der Waals surface area contributed by atoms with Crippen LogP contribution in [0.15, 0.2) is 12.4 Å². The normalized spacial score (nSPS) is 9.08. The minimum Gasteiger partial charge on any atom is -0.462 e. The summed E-state index contributed by atoms with van der Waals surface area (Å²) in [5, 5.41) is 2.19. The number of imidazole rings is 1. The fraction of sp³-hybridized carbons (Fsp3) is 0.167. The molecule has 0 aliphatic rings. The summed E-state index contributed by atoms with van der Waals surface area (Å²) in [6, 6.07) is 0. The van der Waals surface area contributed by atoms with Gasteiger partial charge in [-0.15, -0.1) is 0 Å². The van der Waals surface area contributed by atoms with Gasteiger partial charge in [-0.3, -0.25) is 10.1 Å². The topological polar surface area (TPSA) is 84.1 Å². The molecule has 0 saturated carbocycles. The number of H-pyrrole nitrogens is 1. The molecule has 0 aromatic carbocycles. The zero-order valence-corrected chi connectivity index (χ0v) is 6.33. The highest BCUT2D eigenvalue weighted by molar-refractivity contribution is 6.37. The van der Waals surface area contributed by atoms with Crippen molar-refractivity contribution in [2.75, 3.05) is 12.4 Å². The molecule has 0 spiro atoms. The Kier molecular flexibility index (Phi) is 2.42. The zero-order chi connectivity index (χ0) is 8.97. The van der Waals surface area contributed by atoms with Gasteiger partial charge in [0.1, 0.15) is 0 Å². The van der Waals surface area contributed by atoms with Crippen LogP contribution in [-0.2, 0) is 14.3 Å². The van der Waals surface area contributed by atoms with Crippen LogP contribution in [0.5, 0.6) is 0 Å². The van der Waals surface area contributed by atoms with Crippen LogP contribution in [0.25, 0.3) is 0 Å². The van der Waals surface area contributed by atoms with E-state index in [0.717, 1.165) is 7.11 Å². The average molecular weight is 169 g/mol. The van der Waals surface area contributed by atoms with Crippen molar-refractivity contribution in [1.29, 1.82) is 0 Å². The molecule has 2 N–H and O–H groups in total. The maximum absolute atomic E-state index is 10.8. The lowest BCUT2D eigenvalue weighted by atomic mass is 10.6. The number of esters is 1. The summed E-state index contributed by atoms with van der Waals surface area (Å²) in [4.78, 5) is 27.6. The van der Waals surface area contributed by atoms with Gasteiger partial charge in [0.05, 0.1) is 7.11 Å². The molecule has 1 rings (SSSR count). The van der Waals surface area contributed by atoms with Crippen molar-refractivity contribution in [2.45, 2.75) is 0 Å². The first-order valence-corrected chi connectivity index (χ1v) is 3.12. The molecule has 0 unspecified atom stereocenters. The molecular weight excluding hydrogens is 162 g/mol.